The minimum absolute atomic E-state index is 0.103. The molecule has 2 aromatic carbocycles. The fourth-order valence-electron chi connectivity index (χ4n) is 4.94. The van der Waals surface area contributed by atoms with Crippen molar-refractivity contribution >= 4 is 17.9 Å². The fraction of sp³-hybridized carbons (Fsp3) is 0.393. The summed E-state index contributed by atoms with van der Waals surface area (Å²) >= 11 is 0. The van der Waals surface area contributed by atoms with E-state index in [9.17, 15) is 4.79 Å². The van der Waals surface area contributed by atoms with Gasteiger partial charge in [0, 0.05) is 23.2 Å². The molecule has 34 heavy (non-hydrogen) atoms. The van der Waals surface area contributed by atoms with Crippen LogP contribution >= 0.6 is 0 Å². The summed E-state index contributed by atoms with van der Waals surface area (Å²) in [6.45, 7) is 5.01. The highest BCUT2D eigenvalue weighted by Crippen LogP contribution is 2.41. The Morgan fingerprint density at radius 3 is 1.62 bits per heavy atom. The number of ether oxygens (including phenoxy) is 4. The van der Waals surface area contributed by atoms with Crippen molar-refractivity contribution in [3.63, 3.8) is 0 Å². The number of rotatable bonds is 8. The number of nitrogens with zero attached hydrogens (tertiary/aromatic N) is 1. The van der Waals surface area contributed by atoms with Gasteiger partial charge in [-0.3, -0.25) is 9.69 Å². The maximum atomic E-state index is 13.7. The molecule has 6 nitrogen and oxygen atoms in total. The first kappa shape index (κ1) is 23.9. The number of hydrogen-bond acceptors (Lipinski definition) is 6. The number of methoxy groups -OCH3 is 2. The van der Waals surface area contributed by atoms with Gasteiger partial charge >= 0.3 is 0 Å². The van der Waals surface area contributed by atoms with Gasteiger partial charge in [0.2, 0.25) is 0 Å². The minimum atomic E-state index is 0.103. The highest BCUT2D eigenvalue weighted by molar-refractivity contribution is 6.16. The van der Waals surface area contributed by atoms with E-state index in [1.165, 1.54) is 0 Å². The fourth-order valence-corrected chi connectivity index (χ4v) is 4.94. The first-order chi connectivity index (χ1) is 16.5. The topological polar surface area (TPSA) is 57.2 Å². The van der Waals surface area contributed by atoms with Crippen LogP contribution in [0, 0.1) is 0 Å². The van der Waals surface area contributed by atoms with Crippen molar-refractivity contribution in [1.29, 1.82) is 0 Å². The first-order valence-corrected chi connectivity index (χ1v) is 11.8. The Morgan fingerprint density at radius 1 is 0.794 bits per heavy atom. The largest absolute Gasteiger partial charge is 0.493 e. The Morgan fingerprint density at radius 2 is 1.24 bits per heavy atom. The molecule has 2 aromatic rings. The maximum Gasteiger partial charge on any atom is 0.188 e. The molecule has 2 fully saturated rings. The summed E-state index contributed by atoms with van der Waals surface area (Å²) < 4.78 is 22.3. The van der Waals surface area contributed by atoms with Gasteiger partial charge < -0.3 is 18.9 Å². The summed E-state index contributed by atoms with van der Waals surface area (Å²) in [5.41, 5.74) is 3.47. The normalized spacial score (nSPS) is 22.3. The zero-order valence-electron chi connectivity index (χ0n) is 20.6. The van der Waals surface area contributed by atoms with Crippen molar-refractivity contribution in [3.8, 4) is 23.0 Å². The van der Waals surface area contributed by atoms with Crippen LogP contribution < -0.4 is 18.9 Å². The molecule has 2 bridgehead atoms. The molecule has 2 aliphatic rings. The van der Waals surface area contributed by atoms with Crippen LogP contribution in [0.5, 0.6) is 23.0 Å². The molecule has 2 atom stereocenters. The van der Waals surface area contributed by atoms with Crippen molar-refractivity contribution in [2.24, 2.45) is 0 Å². The zero-order valence-corrected chi connectivity index (χ0v) is 20.6. The lowest BCUT2D eigenvalue weighted by atomic mass is 9.88. The average molecular weight is 464 g/mol. The highest BCUT2D eigenvalue weighted by atomic mass is 16.5. The van der Waals surface area contributed by atoms with Crippen LogP contribution in [0.1, 0.15) is 37.8 Å². The Labute approximate surface area is 201 Å². The molecular formula is C28H33NO5. The van der Waals surface area contributed by atoms with E-state index < -0.39 is 0 Å². The molecule has 0 unspecified atom stereocenters. The quantitative estimate of drug-likeness (QED) is 0.513. The van der Waals surface area contributed by atoms with Crippen LogP contribution in [0.2, 0.25) is 0 Å². The van der Waals surface area contributed by atoms with Gasteiger partial charge in [-0.15, -0.1) is 0 Å². The van der Waals surface area contributed by atoms with Crippen LogP contribution in [0.4, 0.5) is 0 Å². The maximum absolute atomic E-state index is 13.7. The van der Waals surface area contributed by atoms with Gasteiger partial charge in [-0.1, -0.05) is 12.1 Å². The molecule has 6 heteroatoms. The Balaban J connectivity index is 1.71. The molecule has 0 radical (unpaired) electrons. The van der Waals surface area contributed by atoms with E-state index in [0.717, 1.165) is 35.1 Å². The van der Waals surface area contributed by atoms with Crippen molar-refractivity contribution < 1.29 is 23.7 Å². The number of benzene rings is 2. The SMILES string of the molecule is CCOc1ccc(/C=C2\C(=O)/C(=C/c3ccc(OCC)c(OC)c3)[C@H]3CC[C@H]2N3C)cc1OC. The van der Waals surface area contributed by atoms with Crippen LogP contribution in [0.3, 0.4) is 0 Å². The molecule has 0 aromatic heterocycles. The van der Waals surface area contributed by atoms with Crippen molar-refractivity contribution in [1.82, 2.24) is 4.90 Å². The first-order valence-electron chi connectivity index (χ1n) is 11.8. The van der Waals surface area contributed by atoms with Gasteiger partial charge in [0.05, 0.1) is 27.4 Å². The Hall–Kier alpha value is -3.25. The van der Waals surface area contributed by atoms with Crippen molar-refractivity contribution in [3.05, 3.63) is 58.7 Å². The van der Waals surface area contributed by atoms with Crippen molar-refractivity contribution in [2.45, 2.75) is 38.8 Å². The number of hydrogen-bond donors (Lipinski definition) is 0. The molecule has 0 N–H and O–H groups in total. The molecule has 0 spiro atoms. The summed E-state index contributed by atoms with van der Waals surface area (Å²) in [6.07, 6.45) is 5.90. The van der Waals surface area contributed by atoms with Gasteiger partial charge in [-0.25, -0.2) is 0 Å². The predicted octanol–water partition coefficient (Wildman–Crippen LogP) is 5.01. The van der Waals surface area contributed by atoms with Crippen LogP contribution in [0.15, 0.2) is 47.5 Å². The third-order valence-corrected chi connectivity index (χ3v) is 6.56. The summed E-state index contributed by atoms with van der Waals surface area (Å²) in [7, 11) is 5.36. The second-order valence-electron chi connectivity index (χ2n) is 8.49. The van der Waals surface area contributed by atoms with Gasteiger partial charge in [0.1, 0.15) is 0 Å². The zero-order chi connectivity index (χ0) is 24.2. The number of ketones is 1. The molecule has 180 valence electrons. The van der Waals surface area contributed by atoms with Crippen LogP contribution in [-0.4, -0.2) is 57.2 Å². The Bertz CT molecular complexity index is 1030. The highest BCUT2D eigenvalue weighted by Gasteiger charge is 2.44. The van der Waals surface area contributed by atoms with Gasteiger partial charge in [-0.05, 0) is 81.3 Å². The number of carbonyl (C=O) groups is 1. The standard InChI is InChI=1S/C28H33NO5/c1-6-33-24-12-8-18(16-26(24)31-4)14-20-22-10-11-23(29(22)3)21(28(20)30)15-19-9-13-25(34-7-2)27(17-19)32-5/h8-9,12-17,22-23H,6-7,10-11H2,1-5H3/b20-14-,21-15+/t22-,23-/m1/s1. The second kappa shape index (κ2) is 10.3. The Kier molecular flexibility index (Phi) is 7.27. The molecule has 2 heterocycles. The number of piperidine rings is 1. The van der Waals surface area contributed by atoms with E-state index in [0.29, 0.717) is 36.2 Å². The monoisotopic (exact) mass is 463 g/mol. The van der Waals surface area contributed by atoms with Crippen LogP contribution in [0.25, 0.3) is 12.2 Å². The number of carbonyl (C=O) groups excluding carboxylic acids is 1. The van der Waals surface area contributed by atoms with E-state index in [4.69, 9.17) is 18.9 Å². The van der Waals surface area contributed by atoms with E-state index in [2.05, 4.69) is 11.9 Å². The molecule has 2 aliphatic heterocycles. The van der Waals surface area contributed by atoms with Crippen LogP contribution in [-0.2, 0) is 4.79 Å². The summed E-state index contributed by atoms with van der Waals surface area (Å²) in [5, 5.41) is 0. The molecule has 2 saturated heterocycles. The third-order valence-electron chi connectivity index (χ3n) is 6.56. The lowest BCUT2D eigenvalue weighted by Crippen LogP contribution is -2.43. The van der Waals surface area contributed by atoms with E-state index in [1.807, 2.05) is 62.4 Å². The van der Waals surface area contributed by atoms with Gasteiger partial charge in [-0.2, -0.15) is 0 Å². The average Bonchev–Trinajstić information content (AvgIpc) is 3.16. The lowest BCUT2D eigenvalue weighted by molar-refractivity contribution is -0.114. The van der Waals surface area contributed by atoms with Gasteiger partial charge in [0.25, 0.3) is 0 Å². The summed E-state index contributed by atoms with van der Waals surface area (Å²) in [5.74, 6) is 2.82. The molecular weight excluding hydrogens is 430 g/mol. The van der Waals surface area contributed by atoms with E-state index in [1.54, 1.807) is 14.2 Å². The van der Waals surface area contributed by atoms with E-state index in [-0.39, 0.29) is 17.9 Å². The minimum Gasteiger partial charge on any atom is -0.493 e. The number of likely N-dealkylation sites (N-methyl/N-ethyl adjacent to an activating group) is 1. The second-order valence-corrected chi connectivity index (χ2v) is 8.49. The molecule has 0 aliphatic carbocycles. The smallest absolute Gasteiger partial charge is 0.188 e. The summed E-state index contributed by atoms with van der Waals surface area (Å²) in [6, 6.07) is 11.8. The lowest BCUT2D eigenvalue weighted by Gasteiger charge is -2.34. The van der Waals surface area contributed by atoms with Gasteiger partial charge in [0.15, 0.2) is 28.8 Å². The third kappa shape index (κ3) is 4.55. The predicted molar refractivity (Wildman–Crippen MR) is 134 cm³/mol. The number of fused-ring (bicyclic) bond motifs is 2. The molecule has 4 rings (SSSR count). The molecule has 0 amide bonds. The summed E-state index contributed by atoms with van der Waals surface area (Å²) in [4.78, 5) is 16.0. The molecule has 0 saturated carbocycles. The van der Waals surface area contributed by atoms with Crippen molar-refractivity contribution in [2.75, 3.05) is 34.5 Å². The number of Topliss-reactive ketones (excluding diaryl/α,β-unsaturated/α-hetero) is 1. The van der Waals surface area contributed by atoms with E-state index >= 15 is 0 Å².